The number of para-hydroxylation sites is 1. The van der Waals surface area contributed by atoms with Crippen molar-refractivity contribution in [1.29, 1.82) is 0 Å². The summed E-state index contributed by atoms with van der Waals surface area (Å²) in [5.74, 6) is 1.39. The van der Waals surface area contributed by atoms with Gasteiger partial charge in [-0.3, -0.25) is 0 Å². The highest BCUT2D eigenvalue weighted by molar-refractivity contribution is 7.98. The van der Waals surface area contributed by atoms with Gasteiger partial charge in [-0.05, 0) is 30.2 Å². The van der Waals surface area contributed by atoms with Crippen LogP contribution in [0.4, 0.5) is 17.6 Å². The maximum absolute atomic E-state index is 12.7. The van der Waals surface area contributed by atoms with E-state index in [-0.39, 0.29) is 10.8 Å². The highest BCUT2D eigenvalue weighted by Crippen LogP contribution is 2.24. The molecule has 174 valence electrons. The molecule has 12 heteroatoms. The molecule has 0 unspecified atom stereocenters. The average Bonchev–Trinajstić information content (AvgIpc) is 2.83. The molecule has 0 spiro atoms. The van der Waals surface area contributed by atoms with Crippen molar-refractivity contribution in [2.45, 2.75) is 29.0 Å². The second-order valence-electron chi connectivity index (χ2n) is 7.21. The van der Waals surface area contributed by atoms with Crippen molar-refractivity contribution >= 4 is 39.4 Å². The number of hydrogen-bond donors (Lipinski definition) is 2. The summed E-state index contributed by atoms with van der Waals surface area (Å²) in [7, 11) is -3.57. The van der Waals surface area contributed by atoms with Gasteiger partial charge >= 0.3 is 0 Å². The summed E-state index contributed by atoms with van der Waals surface area (Å²) >= 11 is 1.38. The normalized spacial score (nSPS) is 14.8. The molecule has 0 amide bonds. The number of benzene rings is 1. The molecular weight excluding hydrogens is 462 g/mol. The number of nitrogens with zero attached hydrogens (tertiary/aromatic N) is 5. The van der Waals surface area contributed by atoms with Gasteiger partial charge in [0.25, 0.3) is 0 Å². The second-order valence-corrected chi connectivity index (χ2v) is 10.1. The molecule has 33 heavy (non-hydrogen) atoms. The Bertz CT molecular complexity index is 1200. The van der Waals surface area contributed by atoms with Crippen LogP contribution >= 0.6 is 11.8 Å². The van der Waals surface area contributed by atoms with Gasteiger partial charge in [0.15, 0.2) is 0 Å². The van der Waals surface area contributed by atoms with E-state index in [1.807, 2.05) is 24.3 Å². The molecule has 0 aliphatic carbocycles. The molecule has 0 saturated carbocycles. The lowest BCUT2D eigenvalue weighted by atomic mass is 10.1. The lowest BCUT2D eigenvalue weighted by Gasteiger charge is -2.25. The van der Waals surface area contributed by atoms with Gasteiger partial charge in [-0.25, -0.2) is 13.4 Å². The lowest BCUT2D eigenvalue weighted by Crippen LogP contribution is -2.40. The number of rotatable bonds is 8. The number of hydrogen-bond acceptors (Lipinski definition) is 10. The summed E-state index contributed by atoms with van der Waals surface area (Å²) in [5, 5.41) is 3.86. The zero-order valence-electron chi connectivity index (χ0n) is 18.1. The zero-order chi connectivity index (χ0) is 23.3. The molecule has 3 aromatic rings. The van der Waals surface area contributed by atoms with Crippen LogP contribution in [0.5, 0.6) is 0 Å². The maximum Gasteiger partial charge on any atom is 0.244 e. The number of thioether (sulfide) groups is 1. The summed E-state index contributed by atoms with van der Waals surface area (Å²) in [6.07, 6.45) is 2.25. The van der Waals surface area contributed by atoms with E-state index >= 15 is 0 Å². The molecule has 1 fully saturated rings. The van der Waals surface area contributed by atoms with Gasteiger partial charge in [0.2, 0.25) is 21.9 Å². The molecule has 0 bridgehead atoms. The van der Waals surface area contributed by atoms with Crippen LogP contribution in [0.1, 0.15) is 18.3 Å². The SMILES string of the molecule is CCc1ccccc1Nc1nc(N)nc(CSc2ccc(S(=O)(=O)N3CCOCC3)cn2)n1. The van der Waals surface area contributed by atoms with Crippen LogP contribution in [0.3, 0.4) is 0 Å². The first kappa shape index (κ1) is 23.4. The fraction of sp³-hybridized carbons (Fsp3) is 0.333. The Morgan fingerprint density at radius 3 is 2.64 bits per heavy atom. The first-order chi connectivity index (χ1) is 16.0. The number of nitrogen functional groups attached to an aromatic ring is 1. The Kier molecular flexibility index (Phi) is 7.38. The number of pyridine rings is 1. The zero-order valence-corrected chi connectivity index (χ0v) is 19.8. The number of aryl methyl sites for hydroxylation is 1. The van der Waals surface area contributed by atoms with Crippen molar-refractivity contribution in [3.63, 3.8) is 0 Å². The third-order valence-corrected chi connectivity index (χ3v) is 7.83. The third kappa shape index (κ3) is 5.77. The molecule has 4 rings (SSSR count). The van der Waals surface area contributed by atoms with E-state index < -0.39 is 10.0 Å². The predicted molar refractivity (Wildman–Crippen MR) is 127 cm³/mol. The lowest BCUT2D eigenvalue weighted by molar-refractivity contribution is 0.0730. The number of nitrogens with one attached hydrogen (secondary N) is 1. The van der Waals surface area contributed by atoms with Crippen LogP contribution in [0.2, 0.25) is 0 Å². The second kappa shape index (κ2) is 10.4. The van der Waals surface area contributed by atoms with Crippen molar-refractivity contribution in [3.8, 4) is 0 Å². The van der Waals surface area contributed by atoms with Crippen LogP contribution in [-0.4, -0.2) is 59.0 Å². The molecule has 2 aromatic heterocycles. The Balaban J connectivity index is 1.43. The minimum atomic E-state index is -3.57. The van der Waals surface area contributed by atoms with Gasteiger partial charge in [-0.2, -0.15) is 19.3 Å². The van der Waals surface area contributed by atoms with Crippen LogP contribution in [-0.2, 0) is 26.9 Å². The highest BCUT2D eigenvalue weighted by Gasteiger charge is 2.26. The molecule has 1 aliphatic heterocycles. The molecule has 1 saturated heterocycles. The van der Waals surface area contributed by atoms with E-state index in [1.165, 1.54) is 22.3 Å². The minimum Gasteiger partial charge on any atom is -0.379 e. The summed E-state index contributed by atoms with van der Waals surface area (Å²) < 4.78 is 32.1. The number of anilines is 3. The monoisotopic (exact) mass is 487 g/mol. The van der Waals surface area contributed by atoms with E-state index in [2.05, 4.69) is 32.2 Å². The average molecular weight is 488 g/mol. The third-order valence-electron chi connectivity index (χ3n) is 5.01. The van der Waals surface area contributed by atoms with E-state index in [1.54, 1.807) is 12.1 Å². The number of nitrogens with two attached hydrogens (primary N) is 1. The van der Waals surface area contributed by atoms with Gasteiger partial charge in [-0.15, -0.1) is 0 Å². The van der Waals surface area contributed by atoms with Gasteiger partial charge in [0.1, 0.15) is 10.7 Å². The molecule has 3 N–H and O–H groups in total. The maximum atomic E-state index is 12.7. The van der Waals surface area contributed by atoms with Crippen LogP contribution < -0.4 is 11.1 Å². The molecule has 10 nitrogen and oxygen atoms in total. The minimum absolute atomic E-state index is 0.122. The van der Waals surface area contributed by atoms with Crippen molar-refractivity contribution < 1.29 is 13.2 Å². The number of ether oxygens (including phenoxy) is 1. The Hall–Kier alpha value is -2.80. The van der Waals surface area contributed by atoms with Crippen LogP contribution in [0.15, 0.2) is 52.5 Å². The summed E-state index contributed by atoms with van der Waals surface area (Å²) in [5.41, 5.74) is 7.95. The van der Waals surface area contributed by atoms with Crippen LogP contribution in [0, 0.1) is 0 Å². The van der Waals surface area contributed by atoms with Gasteiger partial charge in [0, 0.05) is 25.0 Å². The van der Waals surface area contributed by atoms with Crippen LogP contribution in [0.25, 0.3) is 0 Å². The summed E-state index contributed by atoms with van der Waals surface area (Å²) in [6.45, 7) is 3.57. The Morgan fingerprint density at radius 2 is 1.91 bits per heavy atom. The Labute approximate surface area is 197 Å². The van der Waals surface area contributed by atoms with Crippen molar-refractivity contribution in [2.75, 3.05) is 37.4 Å². The van der Waals surface area contributed by atoms with E-state index in [4.69, 9.17) is 10.5 Å². The van der Waals surface area contributed by atoms with Crippen molar-refractivity contribution in [2.24, 2.45) is 0 Å². The van der Waals surface area contributed by atoms with Crippen molar-refractivity contribution in [3.05, 3.63) is 54.0 Å². The van der Waals surface area contributed by atoms with Crippen molar-refractivity contribution in [1.82, 2.24) is 24.2 Å². The van der Waals surface area contributed by atoms with E-state index in [0.29, 0.717) is 48.9 Å². The molecule has 3 heterocycles. The quantitative estimate of drug-likeness (QED) is 0.456. The fourth-order valence-electron chi connectivity index (χ4n) is 3.31. The molecule has 1 aliphatic rings. The molecule has 0 atom stereocenters. The standard InChI is InChI=1S/C21H25N7O3S2/c1-2-15-5-3-4-6-17(15)24-21-26-18(25-20(22)27-21)14-32-19-8-7-16(13-23-19)33(29,30)28-9-11-31-12-10-28/h3-8,13H,2,9-12,14H2,1H3,(H3,22,24,25,26,27). The van der Waals surface area contributed by atoms with Gasteiger partial charge < -0.3 is 15.8 Å². The first-order valence-corrected chi connectivity index (χ1v) is 12.9. The predicted octanol–water partition coefficient (Wildman–Crippen LogP) is 2.47. The summed E-state index contributed by atoms with van der Waals surface area (Å²) in [4.78, 5) is 17.3. The molecule has 1 aromatic carbocycles. The smallest absolute Gasteiger partial charge is 0.244 e. The Morgan fingerprint density at radius 1 is 1.12 bits per heavy atom. The molecule has 0 radical (unpaired) electrons. The number of sulfonamides is 1. The van der Waals surface area contributed by atoms with Gasteiger partial charge in [0.05, 0.1) is 24.0 Å². The number of morpholine rings is 1. The molecular formula is C21H25N7O3S2. The highest BCUT2D eigenvalue weighted by atomic mass is 32.2. The summed E-state index contributed by atoms with van der Waals surface area (Å²) in [6, 6.07) is 11.2. The number of aromatic nitrogens is 4. The largest absolute Gasteiger partial charge is 0.379 e. The van der Waals surface area contributed by atoms with E-state index in [0.717, 1.165) is 17.7 Å². The fourth-order valence-corrected chi connectivity index (χ4v) is 5.36. The van der Waals surface area contributed by atoms with E-state index in [9.17, 15) is 8.42 Å². The topological polar surface area (TPSA) is 136 Å². The first-order valence-electron chi connectivity index (χ1n) is 10.5. The van der Waals surface area contributed by atoms with Gasteiger partial charge in [-0.1, -0.05) is 36.9 Å².